The van der Waals surface area contributed by atoms with Gasteiger partial charge in [0.2, 0.25) is 5.91 Å². The Hall–Kier alpha value is -2.65. The lowest BCUT2D eigenvalue weighted by Crippen LogP contribution is -2.15. The van der Waals surface area contributed by atoms with Gasteiger partial charge in [-0.25, -0.2) is 4.98 Å². The van der Waals surface area contributed by atoms with Crippen molar-refractivity contribution in [2.24, 2.45) is 0 Å². The molecule has 1 atom stereocenters. The second kappa shape index (κ2) is 10.4. The summed E-state index contributed by atoms with van der Waals surface area (Å²) in [4.78, 5) is 16.2. The summed E-state index contributed by atoms with van der Waals surface area (Å²) in [6, 6.07) is 8.09. The molecule has 0 saturated heterocycles. The Labute approximate surface area is 184 Å². The second-order valence-corrected chi connectivity index (χ2v) is 8.74. The van der Waals surface area contributed by atoms with E-state index in [0.717, 1.165) is 5.75 Å². The summed E-state index contributed by atoms with van der Waals surface area (Å²) in [6.45, 7) is 10.6. The third kappa shape index (κ3) is 5.70. The van der Waals surface area contributed by atoms with E-state index in [2.05, 4.69) is 53.1 Å². The van der Waals surface area contributed by atoms with Gasteiger partial charge in [0, 0.05) is 18.1 Å². The van der Waals surface area contributed by atoms with Crippen molar-refractivity contribution in [1.29, 1.82) is 0 Å². The van der Waals surface area contributed by atoms with Gasteiger partial charge in [0.25, 0.3) is 0 Å². The van der Waals surface area contributed by atoms with Crippen LogP contribution in [0.4, 0.5) is 5.13 Å². The van der Waals surface area contributed by atoms with Gasteiger partial charge in [-0.1, -0.05) is 43.8 Å². The van der Waals surface area contributed by atoms with E-state index in [1.54, 1.807) is 12.3 Å². The fourth-order valence-corrected chi connectivity index (χ4v) is 4.07. The van der Waals surface area contributed by atoms with Crippen LogP contribution in [0.15, 0.2) is 53.7 Å². The lowest BCUT2D eigenvalue weighted by atomic mass is 10.0. The van der Waals surface area contributed by atoms with Crippen LogP contribution in [0.3, 0.4) is 0 Å². The van der Waals surface area contributed by atoms with Gasteiger partial charge in [-0.3, -0.25) is 9.36 Å². The molecule has 0 radical (unpaired) electrons. The van der Waals surface area contributed by atoms with Crippen LogP contribution in [0, 0.1) is 0 Å². The van der Waals surface area contributed by atoms with E-state index in [0.29, 0.717) is 28.6 Å². The predicted octanol–water partition coefficient (Wildman–Crippen LogP) is 4.91. The number of amides is 1. The molecule has 3 rings (SSSR count). The van der Waals surface area contributed by atoms with Crippen LogP contribution >= 0.6 is 23.1 Å². The topological polar surface area (TPSA) is 81.9 Å². The standard InChI is InChI=1S/C21H25N5O2S2/c1-5-11-26-19(15(4)28-17-8-6-16(7-9-17)14(2)3)24-25-21(26)30-13-18(27)23-20-22-10-12-29-20/h5-10,12,14-15H,1,11,13H2,2-4H3,(H,22,23,27). The molecule has 1 aromatic carbocycles. The lowest BCUT2D eigenvalue weighted by Gasteiger charge is -2.16. The molecule has 158 valence electrons. The van der Waals surface area contributed by atoms with E-state index in [-0.39, 0.29) is 17.8 Å². The number of carbonyl (C=O) groups is 1. The number of hydrogen-bond acceptors (Lipinski definition) is 7. The van der Waals surface area contributed by atoms with Gasteiger partial charge >= 0.3 is 0 Å². The van der Waals surface area contributed by atoms with Crippen LogP contribution < -0.4 is 10.1 Å². The first kappa shape index (κ1) is 22.0. The van der Waals surface area contributed by atoms with Gasteiger partial charge in [0.1, 0.15) is 5.75 Å². The third-order valence-electron chi connectivity index (χ3n) is 4.29. The van der Waals surface area contributed by atoms with Gasteiger partial charge in [0.15, 0.2) is 22.2 Å². The van der Waals surface area contributed by atoms with Crippen molar-refractivity contribution in [3.63, 3.8) is 0 Å². The van der Waals surface area contributed by atoms with Gasteiger partial charge in [-0.15, -0.1) is 28.1 Å². The van der Waals surface area contributed by atoms with E-state index in [1.807, 2.05) is 29.0 Å². The Morgan fingerprint density at radius 1 is 1.30 bits per heavy atom. The smallest absolute Gasteiger partial charge is 0.236 e. The molecule has 0 aliphatic heterocycles. The molecule has 0 aliphatic rings. The number of aromatic nitrogens is 4. The molecule has 2 aromatic heterocycles. The van der Waals surface area contributed by atoms with Crippen LogP contribution in [-0.2, 0) is 11.3 Å². The molecule has 1 unspecified atom stereocenters. The molecule has 0 spiro atoms. The summed E-state index contributed by atoms with van der Waals surface area (Å²) >= 11 is 2.70. The summed E-state index contributed by atoms with van der Waals surface area (Å²) in [7, 11) is 0. The quantitative estimate of drug-likeness (QED) is 0.354. The number of benzene rings is 1. The third-order valence-corrected chi connectivity index (χ3v) is 5.95. The number of nitrogens with zero attached hydrogens (tertiary/aromatic N) is 4. The molecular formula is C21H25N5O2S2. The normalized spacial score (nSPS) is 12.0. The summed E-state index contributed by atoms with van der Waals surface area (Å²) in [5.74, 6) is 2.00. The first-order chi connectivity index (χ1) is 14.5. The molecule has 7 nitrogen and oxygen atoms in total. The molecule has 1 N–H and O–H groups in total. The molecule has 30 heavy (non-hydrogen) atoms. The first-order valence-corrected chi connectivity index (χ1v) is 11.5. The first-order valence-electron chi connectivity index (χ1n) is 9.60. The van der Waals surface area contributed by atoms with Crippen molar-refractivity contribution < 1.29 is 9.53 Å². The summed E-state index contributed by atoms with van der Waals surface area (Å²) in [6.07, 6.45) is 3.12. The number of thioether (sulfide) groups is 1. The zero-order valence-corrected chi connectivity index (χ0v) is 18.9. The number of nitrogens with one attached hydrogen (secondary N) is 1. The fourth-order valence-electron chi connectivity index (χ4n) is 2.77. The highest BCUT2D eigenvalue weighted by Crippen LogP contribution is 2.26. The maximum atomic E-state index is 12.1. The van der Waals surface area contributed by atoms with Gasteiger partial charge in [-0.05, 0) is 30.5 Å². The van der Waals surface area contributed by atoms with Crippen molar-refractivity contribution in [1.82, 2.24) is 19.7 Å². The SMILES string of the molecule is C=CCn1c(SCC(=O)Nc2nccs2)nnc1C(C)Oc1ccc(C(C)C)cc1. The Kier molecular flexibility index (Phi) is 7.64. The van der Waals surface area contributed by atoms with Gasteiger partial charge in [-0.2, -0.15) is 0 Å². The number of allylic oxidation sites excluding steroid dienone is 1. The average Bonchev–Trinajstić information content (AvgIpc) is 3.37. The molecule has 0 bridgehead atoms. The van der Waals surface area contributed by atoms with Crippen LogP contribution in [0.2, 0.25) is 0 Å². The summed E-state index contributed by atoms with van der Waals surface area (Å²) < 4.78 is 8.00. The molecule has 0 aliphatic carbocycles. The van der Waals surface area contributed by atoms with Crippen molar-refractivity contribution in [2.75, 3.05) is 11.1 Å². The van der Waals surface area contributed by atoms with Crippen LogP contribution in [-0.4, -0.2) is 31.4 Å². The summed E-state index contributed by atoms with van der Waals surface area (Å²) in [5, 5.41) is 14.4. The highest BCUT2D eigenvalue weighted by atomic mass is 32.2. The molecular weight excluding hydrogens is 418 g/mol. The molecule has 9 heteroatoms. The fraction of sp³-hybridized carbons (Fsp3) is 0.333. The van der Waals surface area contributed by atoms with Crippen LogP contribution in [0.5, 0.6) is 5.75 Å². The maximum Gasteiger partial charge on any atom is 0.236 e. The van der Waals surface area contributed by atoms with E-state index in [1.165, 1.54) is 28.7 Å². The van der Waals surface area contributed by atoms with E-state index in [9.17, 15) is 4.79 Å². The minimum absolute atomic E-state index is 0.140. The second-order valence-electron chi connectivity index (χ2n) is 6.90. The van der Waals surface area contributed by atoms with E-state index < -0.39 is 0 Å². The molecule has 2 heterocycles. The van der Waals surface area contributed by atoms with Crippen molar-refractivity contribution in [3.8, 4) is 5.75 Å². The van der Waals surface area contributed by atoms with E-state index >= 15 is 0 Å². The molecule has 0 fully saturated rings. The van der Waals surface area contributed by atoms with Crippen LogP contribution in [0.1, 0.15) is 44.2 Å². The van der Waals surface area contributed by atoms with Gasteiger partial charge in [0.05, 0.1) is 5.75 Å². The maximum absolute atomic E-state index is 12.1. The Morgan fingerprint density at radius 3 is 2.70 bits per heavy atom. The van der Waals surface area contributed by atoms with Gasteiger partial charge < -0.3 is 10.1 Å². The molecule has 0 saturated carbocycles. The number of hydrogen-bond donors (Lipinski definition) is 1. The van der Waals surface area contributed by atoms with Crippen molar-refractivity contribution >= 4 is 34.1 Å². The zero-order chi connectivity index (χ0) is 21.5. The monoisotopic (exact) mass is 443 g/mol. The molecule has 1 amide bonds. The Morgan fingerprint density at radius 2 is 2.07 bits per heavy atom. The highest BCUT2D eigenvalue weighted by Gasteiger charge is 2.20. The predicted molar refractivity (Wildman–Crippen MR) is 121 cm³/mol. The molecule has 3 aromatic rings. The average molecular weight is 444 g/mol. The number of rotatable bonds is 10. The zero-order valence-electron chi connectivity index (χ0n) is 17.2. The number of ether oxygens (including phenoxy) is 1. The minimum atomic E-state index is -0.305. The number of carbonyl (C=O) groups excluding carboxylic acids is 1. The summed E-state index contributed by atoms with van der Waals surface area (Å²) in [5.41, 5.74) is 1.26. The van der Waals surface area contributed by atoms with Crippen molar-refractivity contribution in [3.05, 3.63) is 59.9 Å². The number of thiazole rings is 1. The number of anilines is 1. The van der Waals surface area contributed by atoms with Crippen molar-refractivity contribution in [2.45, 2.75) is 44.5 Å². The Balaban J connectivity index is 1.66. The lowest BCUT2D eigenvalue weighted by molar-refractivity contribution is -0.113. The Bertz CT molecular complexity index is 968. The van der Waals surface area contributed by atoms with E-state index in [4.69, 9.17) is 4.74 Å². The van der Waals surface area contributed by atoms with Crippen LogP contribution in [0.25, 0.3) is 0 Å². The highest BCUT2D eigenvalue weighted by molar-refractivity contribution is 7.99. The minimum Gasteiger partial charge on any atom is -0.483 e. The largest absolute Gasteiger partial charge is 0.483 e.